The van der Waals surface area contributed by atoms with Crippen LogP contribution in [0.15, 0.2) is 89.6 Å². The maximum absolute atomic E-state index is 15.9. The smallest absolute Gasteiger partial charge is 0.408 e. The van der Waals surface area contributed by atoms with Crippen molar-refractivity contribution in [3.63, 3.8) is 0 Å². The van der Waals surface area contributed by atoms with Gasteiger partial charge in [0.05, 0.1) is 35.6 Å². The quantitative estimate of drug-likeness (QED) is 0.0378. The Bertz CT molecular complexity index is 2500. The Morgan fingerprint density at radius 3 is 2.06 bits per heavy atom. The van der Waals surface area contributed by atoms with Crippen molar-refractivity contribution in [3.05, 3.63) is 95.1 Å². The fraction of sp³-hybridized carbons (Fsp3) is 0.629. The van der Waals surface area contributed by atoms with Crippen molar-refractivity contribution in [2.24, 2.45) is 16.7 Å². The number of Topliss-reactive ketones (excluding diaryl/α,β-unsaturated/α-hetero) is 1. The molecule has 1 aromatic rings. The Kier molecular flexibility index (Phi) is 22.3. The van der Waals surface area contributed by atoms with Gasteiger partial charge in [-0.3, -0.25) is 19.2 Å². The fourth-order valence-electron chi connectivity index (χ4n) is 11.6. The highest BCUT2D eigenvalue weighted by molar-refractivity contribution is 5.96. The van der Waals surface area contributed by atoms with Gasteiger partial charge < -0.3 is 48.7 Å². The molecule has 17 heteroatoms. The molecular weight excluding hydrogens is 1010 g/mol. The lowest BCUT2D eigenvalue weighted by Gasteiger charge is -2.67. The molecule has 2 saturated carbocycles. The number of hydrogen-bond donors (Lipinski definition) is 3. The Morgan fingerprint density at radius 1 is 0.848 bits per heavy atom. The summed E-state index contributed by atoms with van der Waals surface area (Å²) in [6.45, 7) is 19.0. The van der Waals surface area contributed by atoms with E-state index in [0.29, 0.717) is 18.4 Å². The maximum atomic E-state index is 15.9. The minimum Gasteiger partial charge on any atom is -0.455 e. The van der Waals surface area contributed by atoms with E-state index in [1.807, 2.05) is 0 Å². The molecule has 1 aliphatic heterocycles. The number of rotatable bonds is 24. The van der Waals surface area contributed by atoms with Crippen LogP contribution in [-0.4, -0.2) is 118 Å². The second-order valence-electron chi connectivity index (χ2n) is 23.4. The first-order valence-electron chi connectivity index (χ1n) is 28.1. The van der Waals surface area contributed by atoms with Gasteiger partial charge in [-0.25, -0.2) is 14.4 Å². The summed E-state index contributed by atoms with van der Waals surface area (Å²) >= 11 is 0. The number of amides is 1. The molecule has 3 aliphatic carbocycles. The molecular formula is C62H87NO16. The molecule has 1 saturated heterocycles. The van der Waals surface area contributed by atoms with E-state index in [1.54, 1.807) is 73.6 Å². The first-order valence-corrected chi connectivity index (χ1v) is 28.1. The van der Waals surface area contributed by atoms with Gasteiger partial charge in [0.2, 0.25) is 6.10 Å². The topological polar surface area (TPSA) is 237 Å². The molecule has 17 nitrogen and oxygen atoms in total. The molecule has 1 amide bonds. The second-order valence-corrected chi connectivity index (χ2v) is 23.4. The predicted octanol–water partition coefficient (Wildman–Crippen LogP) is 9.95. The maximum Gasteiger partial charge on any atom is 0.408 e. The highest BCUT2D eigenvalue weighted by Gasteiger charge is 2.78. The molecule has 3 N–H and O–H groups in total. The van der Waals surface area contributed by atoms with E-state index in [-0.39, 0.29) is 42.6 Å². The zero-order valence-electron chi connectivity index (χ0n) is 48.6. The monoisotopic (exact) mass is 1100 g/mol. The van der Waals surface area contributed by atoms with Gasteiger partial charge in [-0.1, -0.05) is 113 Å². The van der Waals surface area contributed by atoms with Crippen LogP contribution in [0.2, 0.25) is 0 Å². The van der Waals surface area contributed by atoms with Crippen molar-refractivity contribution in [1.82, 2.24) is 5.32 Å². The van der Waals surface area contributed by atoms with Crippen LogP contribution in [0, 0.1) is 16.7 Å². The van der Waals surface area contributed by atoms with Gasteiger partial charge in [-0.15, -0.1) is 0 Å². The number of aliphatic hydroxyl groups is 2. The van der Waals surface area contributed by atoms with Crippen molar-refractivity contribution in [1.29, 1.82) is 0 Å². The number of benzene rings is 1. The fourth-order valence-corrected chi connectivity index (χ4v) is 11.6. The summed E-state index contributed by atoms with van der Waals surface area (Å²) in [6.07, 6.45) is 10.4. The third-order valence-corrected chi connectivity index (χ3v) is 15.7. The molecule has 11 atom stereocenters. The Labute approximate surface area is 466 Å². The van der Waals surface area contributed by atoms with Crippen LogP contribution >= 0.6 is 0 Å². The number of aliphatic hydroxyl groups excluding tert-OH is 1. The number of nitrogens with one attached hydrogen (secondary N) is 1. The molecule has 1 heterocycles. The molecule has 3 fully saturated rings. The number of carbonyl (C=O) groups is 7. The summed E-state index contributed by atoms with van der Waals surface area (Å²) in [6, 6.07) is 6.51. The minimum absolute atomic E-state index is 0.00793. The molecule has 0 spiro atoms. The molecule has 79 heavy (non-hydrogen) atoms. The van der Waals surface area contributed by atoms with Crippen LogP contribution in [0.1, 0.15) is 177 Å². The van der Waals surface area contributed by atoms with Gasteiger partial charge in [0, 0.05) is 38.0 Å². The Balaban J connectivity index is 1.56. The van der Waals surface area contributed by atoms with Crippen molar-refractivity contribution < 1.29 is 76.9 Å². The summed E-state index contributed by atoms with van der Waals surface area (Å²) < 4.78 is 42.7. The third-order valence-electron chi connectivity index (χ3n) is 15.7. The third kappa shape index (κ3) is 15.1. The number of allylic oxidation sites excluding steroid dienone is 7. The highest BCUT2D eigenvalue weighted by Crippen LogP contribution is 2.64. The van der Waals surface area contributed by atoms with Crippen molar-refractivity contribution in [2.75, 3.05) is 6.61 Å². The van der Waals surface area contributed by atoms with Gasteiger partial charge in [-0.2, -0.15) is 0 Å². The summed E-state index contributed by atoms with van der Waals surface area (Å²) in [5, 5.41) is 29.0. The number of alkyl carbamates (subject to hydrolysis) is 1. The summed E-state index contributed by atoms with van der Waals surface area (Å²) in [5.74, 6) is -6.92. The van der Waals surface area contributed by atoms with E-state index in [0.717, 1.165) is 51.9 Å². The first kappa shape index (κ1) is 63.9. The normalized spacial score (nSPS) is 28.0. The number of unbranched alkanes of at least 4 members (excludes halogenated alkanes) is 5. The average Bonchev–Trinajstić information content (AvgIpc) is 2.69. The van der Waals surface area contributed by atoms with E-state index in [4.69, 9.17) is 33.2 Å². The standard InChI is InChI=1S/C62H87NO16/c1-13-15-16-17-18-19-20-21-22-23-24-25-26-27-31-34-48(67)76-50(43(35-39(3)4)63-57(71)79-58(7,8)9)56(70)74-44-37-62(72)54(77-55(69)42-32-29-28-30-33-42)52-60(12,45(65)36-46-61(52,38-73-46)78-41(6)64)53(68)51(75-47(66)14-2)49(40(44)5)59(62,10)11/h16-17,19-20,22-23,28-30,32-33,35,43-46,50-52,54,65,72H,13-15,18,21,24-27,31,34,36-38H2,1-12H3,(H,63,71)/b17-16-,20-19-,23-22-/t43-,44-,45-,46+,50+,51+,52?,54-,60+,61-,62+/m0/s1. The number of fused-ring (bicyclic) bond motifs is 5. The van der Waals surface area contributed by atoms with E-state index >= 15 is 9.59 Å². The molecule has 1 unspecified atom stereocenters. The number of carbonyl (C=O) groups excluding carboxylic acids is 7. The van der Waals surface area contributed by atoms with Gasteiger partial charge in [0.25, 0.3) is 0 Å². The first-order chi connectivity index (χ1) is 37.2. The van der Waals surface area contributed by atoms with Crippen LogP contribution in [0.3, 0.4) is 0 Å². The molecule has 0 radical (unpaired) electrons. The molecule has 0 aromatic heterocycles. The van der Waals surface area contributed by atoms with Gasteiger partial charge >= 0.3 is 35.9 Å². The van der Waals surface area contributed by atoms with E-state index in [2.05, 4.69) is 48.7 Å². The number of esters is 5. The largest absolute Gasteiger partial charge is 0.455 e. The Hall–Kier alpha value is -5.91. The van der Waals surface area contributed by atoms with Crippen molar-refractivity contribution in [3.8, 4) is 0 Å². The molecule has 4 aliphatic rings. The van der Waals surface area contributed by atoms with E-state index < -0.39 is 124 Å². The summed E-state index contributed by atoms with van der Waals surface area (Å²) in [4.78, 5) is 99.7. The SMILES string of the molecule is CCC/C=C\C/C=C\C/C=C\CCCCCCC(=O)O[C@@H](C(=O)O[C@H]1C[C@@]2(O)[C@@H](OC(=O)c3ccccc3)C3[C@](C)(C(=O)[C@H](OC(=O)CC)C(=C1C)C2(C)C)[C@@H](O)C[C@H]1OC[C@@]31OC(C)=O)[C@H](C=C(C)C)NC(=O)OC(C)(C)C. The van der Waals surface area contributed by atoms with Crippen molar-refractivity contribution in [2.45, 2.75) is 226 Å². The lowest BCUT2D eigenvalue weighted by Crippen LogP contribution is -2.82. The van der Waals surface area contributed by atoms with Crippen LogP contribution < -0.4 is 5.32 Å². The lowest BCUT2D eigenvalue weighted by molar-refractivity contribution is -0.346. The molecule has 2 bridgehead atoms. The number of ether oxygens (including phenoxy) is 7. The Morgan fingerprint density at radius 2 is 1.48 bits per heavy atom. The van der Waals surface area contributed by atoms with Gasteiger partial charge in [-0.05, 0) is 110 Å². The van der Waals surface area contributed by atoms with E-state index in [9.17, 15) is 34.2 Å². The lowest BCUT2D eigenvalue weighted by atomic mass is 9.44. The minimum atomic E-state index is -2.44. The molecule has 436 valence electrons. The molecule has 1 aromatic carbocycles. The highest BCUT2D eigenvalue weighted by atomic mass is 16.6. The van der Waals surface area contributed by atoms with Crippen LogP contribution in [-0.2, 0) is 57.1 Å². The van der Waals surface area contributed by atoms with Crippen molar-refractivity contribution >= 4 is 41.7 Å². The molecule has 5 rings (SSSR count). The number of ketones is 1. The average molecular weight is 1100 g/mol. The van der Waals surface area contributed by atoms with E-state index in [1.165, 1.54) is 32.1 Å². The predicted molar refractivity (Wildman–Crippen MR) is 295 cm³/mol. The van der Waals surface area contributed by atoms with Crippen LogP contribution in [0.25, 0.3) is 0 Å². The summed E-state index contributed by atoms with van der Waals surface area (Å²) in [5.41, 5.74) is -8.17. The summed E-state index contributed by atoms with van der Waals surface area (Å²) in [7, 11) is 0. The van der Waals surface area contributed by atoms with Gasteiger partial charge in [0.15, 0.2) is 17.5 Å². The number of hydrogen-bond acceptors (Lipinski definition) is 16. The zero-order valence-corrected chi connectivity index (χ0v) is 48.6. The van der Waals surface area contributed by atoms with Crippen LogP contribution in [0.5, 0.6) is 0 Å². The zero-order chi connectivity index (χ0) is 58.5. The second kappa shape index (κ2) is 27.5. The van der Waals surface area contributed by atoms with Gasteiger partial charge in [0.1, 0.15) is 29.5 Å². The van der Waals surface area contributed by atoms with Crippen LogP contribution in [0.4, 0.5) is 4.79 Å².